The van der Waals surface area contributed by atoms with E-state index < -0.39 is 0 Å². The van der Waals surface area contributed by atoms with Crippen LogP contribution in [0.1, 0.15) is 16.6 Å². The van der Waals surface area contributed by atoms with Gasteiger partial charge in [0.2, 0.25) is 0 Å². The molecule has 0 bridgehead atoms. The van der Waals surface area contributed by atoms with Crippen molar-refractivity contribution in [3.8, 4) is 0 Å². The van der Waals surface area contributed by atoms with Crippen LogP contribution in [-0.2, 0) is 6.42 Å². The van der Waals surface area contributed by atoms with Crippen LogP contribution in [0.5, 0.6) is 0 Å². The molecule has 3 rings (SSSR count). The quantitative estimate of drug-likeness (QED) is 0.565. The summed E-state index contributed by atoms with van der Waals surface area (Å²) in [6.07, 6.45) is 2.64. The van der Waals surface area contributed by atoms with Gasteiger partial charge >= 0.3 is 0 Å². The molecule has 1 heterocycles. The highest BCUT2D eigenvalue weighted by Gasteiger charge is 2.12. The van der Waals surface area contributed by atoms with E-state index in [0.717, 1.165) is 11.4 Å². The molecular formula is C15H15N3S. The Morgan fingerprint density at radius 3 is 2.74 bits per heavy atom. The lowest BCUT2D eigenvalue weighted by molar-refractivity contribution is 0.551. The summed E-state index contributed by atoms with van der Waals surface area (Å²) in [5.41, 5.74) is 4.08. The first kappa shape index (κ1) is 12.3. The molecule has 3 aromatic rings. The van der Waals surface area contributed by atoms with E-state index in [0.29, 0.717) is 0 Å². The van der Waals surface area contributed by atoms with E-state index in [2.05, 4.69) is 52.9 Å². The average Bonchev–Trinajstić information content (AvgIpc) is 2.97. The molecule has 0 aliphatic carbocycles. The van der Waals surface area contributed by atoms with E-state index in [-0.39, 0.29) is 6.04 Å². The zero-order chi connectivity index (χ0) is 13.1. The summed E-state index contributed by atoms with van der Waals surface area (Å²) < 4.78 is 0. The predicted octanol–water partition coefficient (Wildman–Crippen LogP) is 3.04. The Hall–Kier alpha value is -1.75. The van der Waals surface area contributed by atoms with Gasteiger partial charge in [-0.25, -0.2) is 4.98 Å². The Labute approximate surface area is 116 Å². The number of nitrogens with one attached hydrogen (secondary N) is 1. The van der Waals surface area contributed by atoms with Gasteiger partial charge in [-0.3, -0.25) is 11.3 Å². The largest absolute Gasteiger partial charge is 0.271 e. The van der Waals surface area contributed by atoms with Gasteiger partial charge in [-0.2, -0.15) is 0 Å². The summed E-state index contributed by atoms with van der Waals surface area (Å²) in [7, 11) is 0. The molecule has 0 saturated heterocycles. The molecule has 0 amide bonds. The van der Waals surface area contributed by atoms with Crippen molar-refractivity contribution in [1.82, 2.24) is 10.4 Å². The normalized spacial score (nSPS) is 12.7. The molecule has 0 fully saturated rings. The topological polar surface area (TPSA) is 50.9 Å². The third-order valence-electron chi connectivity index (χ3n) is 3.24. The molecule has 0 saturated carbocycles. The van der Waals surface area contributed by atoms with E-state index in [1.165, 1.54) is 16.3 Å². The van der Waals surface area contributed by atoms with Gasteiger partial charge in [0, 0.05) is 18.0 Å². The molecule has 0 spiro atoms. The Kier molecular flexibility index (Phi) is 3.55. The van der Waals surface area contributed by atoms with Gasteiger partial charge in [0.25, 0.3) is 0 Å². The van der Waals surface area contributed by atoms with Gasteiger partial charge in [-0.1, -0.05) is 36.4 Å². The summed E-state index contributed by atoms with van der Waals surface area (Å²) in [6.45, 7) is 0. The van der Waals surface area contributed by atoms with E-state index in [4.69, 9.17) is 5.84 Å². The predicted molar refractivity (Wildman–Crippen MR) is 79.8 cm³/mol. The van der Waals surface area contributed by atoms with Crippen LogP contribution in [0.15, 0.2) is 54.0 Å². The summed E-state index contributed by atoms with van der Waals surface area (Å²) in [5, 5.41) is 5.57. The maximum Gasteiger partial charge on any atom is 0.0944 e. The first-order valence-electron chi connectivity index (χ1n) is 6.20. The number of hydrogen-bond acceptors (Lipinski definition) is 4. The molecule has 1 aromatic heterocycles. The van der Waals surface area contributed by atoms with Crippen molar-refractivity contribution < 1.29 is 0 Å². The number of benzene rings is 2. The van der Waals surface area contributed by atoms with Crippen molar-refractivity contribution in [2.45, 2.75) is 12.5 Å². The number of fused-ring (bicyclic) bond motifs is 1. The van der Waals surface area contributed by atoms with Crippen LogP contribution < -0.4 is 11.3 Å². The summed E-state index contributed by atoms with van der Waals surface area (Å²) in [5.74, 6) is 5.69. The Bertz CT molecular complexity index is 664. The molecule has 19 heavy (non-hydrogen) atoms. The maximum atomic E-state index is 5.69. The van der Waals surface area contributed by atoms with Crippen molar-refractivity contribution in [2.24, 2.45) is 5.84 Å². The molecule has 96 valence electrons. The molecule has 3 N–H and O–H groups in total. The van der Waals surface area contributed by atoms with Crippen LogP contribution in [0.2, 0.25) is 0 Å². The van der Waals surface area contributed by atoms with Crippen LogP contribution in [0, 0.1) is 0 Å². The fourth-order valence-electron chi connectivity index (χ4n) is 2.23. The molecule has 1 unspecified atom stereocenters. The standard InChI is InChI=1S/C15H15N3S/c16-18-14(10-15-17-7-8-19-15)13-6-5-11-3-1-2-4-12(11)9-13/h1-9,14,18H,10,16H2. The fraction of sp³-hybridized carbons (Fsp3) is 0.133. The first-order chi connectivity index (χ1) is 9.36. The van der Waals surface area contributed by atoms with Crippen molar-refractivity contribution in [2.75, 3.05) is 0 Å². The lowest BCUT2D eigenvalue weighted by atomic mass is 10.0. The van der Waals surface area contributed by atoms with E-state index in [1.807, 2.05) is 11.6 Å². The second-order valence-electron chi connectivity index (χ2n) is 4.46. The molecule has 0 radical (unpaired) electrons. The lowest BCUT2D eigenvalue weighted by Crippen LogP contribution is -2.29. The van der Waals surface area contributed by atoms with Gasteiger partial charge in [0.05, 0.1) is 11.0 Å². The summed E-state index contributed by atoms with van der Waals surface area (Å²) in [4.78, 5) is 4.31. The van der Waals surface area contributed by atoms with Gasteiger partial charge in [-0.15, -0.1) is 11.3 Å². The molecule has 4 heteroatoms. The van der Waals surface area contributed by atoms with Crippen LogP contribution in [0.25, 0.3) is 10.8 Å². The third-order valence-corrected chi connectivity index (χ3v) is 4.04. The SMILES string of the molecule is NNC(Cc1nccs1)c1ccc2ccccc2c1. The Balaban J connectivity index is 1.92. The number of aromatic nitrogens is 1. The number of rotatable bonds is 4. The summed E-state index contributed by atoms with van der Waals surface area (Å²) in [6, 6.07) is 14.9. The molecule has 1 atom stereocenters. The smallest absolute Gasteiger partial charge is 0.0944 e. The second-order valence-corrected chi connectivity index (χ2v) is 5.43. The Morgan fingerprint density at radius 1 is 1.16 bits per heavy atom. The van der Waals surface area contributed by atoms with Gasteiger partial charge < -0.3 is 0 Å². The van der Waals surface area contributed by atoms with E-state index >= 15 is 0 Å². The fourth-order valence-corrected chi connectivity index (χ4v) is 2.89. The first-order valence-corrected chi connectivity index (χ1v) is 7.08. The van der Waals surface area contributed by atoms with Gasteiger partial charge in [0.1, 0.15) is 0 Å². The van der Waals surface area contributed by atoms with E-state index in [1.54, 1.807) is 11.3 Å². The zero-order valence-electron chi connectivity index (χ0n) is 10.4. The van der Waals surface area contributed by atoms with Crippen LogP contribution in [0.3, 0.4) is 0 Å². The summed E-state index contributed by atoms with van der Waals surface area (Å²) >= 11 is 1.66. The minimum atomic E-state index is 0.0933. The van der Waals surface area contributed by atoms with Crippen molar-refractivity contribution >= 4 is 22.1 Å². The number of nitrogens with two attached hydrogens (primary N) is 1. The second kappa shape index (κ2) is 5.48. The minimum Gasteiger partial charge on any atom is -0.271 e. The van der Waals surface area contributed by atoms with Crippen molar-refractivity contribution in [1.29, 1.82) is 0 Å². The van der Waals surface area contributed by atoms with Gasteiger partial charge in [-0.05, 0) is 22.4 Å². The zero-order valence-corrected chi connectivity index (χ0v) is 11.2. The molecular weight excluding hydrogens is 254 g/mol. The van der Waals surface area contributed by atoms with Crippen LogP contribution in [-0.4, -0.2) is 4.98 Å². The highest BCUT2D eigenvalue weighted by Crippen LogP contribution is 2.23. The van der Waals surface area contributed by atoms with E-state index in [9.17, 15) is 0 Å². The van der Waals surface area contributed by atoms with Crippen LogP contribution in [0.4, 0.5) is 0 Å². The maximum absolute atomic E-state index is 5.69. The average molecular weight is 269 g/mol. The number of nitrogens with zero attached hydrogens (tertiary/aromatic N) is 1. The minimum absolute atomic E-state index is 0.0933. The van der Waals surface area contributed by atoms with Crippen LogP contribution >= 0.6 is 11.3 Å². The van der Waals surface area contributed by atoms with Gasteiger partial charge in [0.15, 0.2) is 0 Å². The number of thiazole rings is 1. The molecule has 3 nitrogen and oxygen atoms in total. The molecule has 2 aromatic carbocycles. The highest BCUT2D eigenvalue weighted by atomic mass is 32.1. The Morgan fingerprint density at radius 2 is 2.00 bits per heavy atom. The number of hydrazine groups is 1. The third kappa shape index (κ3) is 2.66. The molecule has 0 aliphatic heterocycles. The monoisotopic (exact) mass is 269 g/mol. The molecule has 0 aliphatic rings. The van der Waals surface area contributed by atoms with Crippen molar-refractivity contribution in [3.05, 3.63) is 64.6 Å². The van der Waals surface area contributed by atoms with Crippen molar-refractivity contribution in [3.63, 3.8) is 0 Å². The number of hydrogen-bond donors (Lipinski definition) is 2. The lowest BCUT2D eigenvalue weighted by Gasteiger charge is -2.15. The highest BCUT2D eigenvalue weighted by molar-refractivity contribution is 7.09.